The van der Waals surface area contributed by atoms with Gasteiger partial charge in [-0.25, -0.2) is 4.98 Å². The van der Waals surface area contributed by atoms with Gasteiger partial charge in [0, 0.05) is 11.6 Å². The van der Waals surface area contributed by atoms with E-state index in [0.717, 1.165) is 11.4 Å². The van der Waals surface area contributed by atoms with Gasteiger partial charge in [0.2, 0.25) is 0 Å². The summed E-state index contributed by atoms with van der Waals surface area (Å²) in [6.07, 6.45) is 11.3. The van der Waals surface area contributed by atoms with Crippen LogP contribution in [0.25, 0.3) is 0 Å². The van der Waals surface area contributed by atoms with Crippen molar-refractivity contribution in [1.29, 1.82) is 0 Å². The Bertz CT molecular complexity index is 303. The van der Waals surface area contributed by atoms with E-state index in [0.29, 0.717) is 6.61 Å². The third-order valence-electron chi connectivity index (χ3n) is 1.85. The second kappa shape index (κ2) is 4.35. The Labute approximate surface area is 81.6 Å². The summed E-state index contributed by atoms with van der Waals surface area (Å²) in [6, 6.07) is 0. The summed E-state index contributed by atoms with van der Waals surface area (Å²) in [7, 11) is 0. The molecule has 0 fully saturated rings. The Morgan fingerprint density at radius 2 is 2.54 bits per heavy atom. The van der Waals surface area contributed by atoms with Crippen LogP contribution in [-0.4, -0.2) is 11.1 Å². The van der Waals surface area contributed by atoms with Crippen molar-refractivity contribution in [1.82, 2.24) is 4.98 Å². The SMILES string of the molecule is C1=CCC(OCc2nccs2)C=C1. The lowest BCUT2D eigenvalue weighted by atomic mass is 10.1. The van der Waals surface area contributed by atoms with Crippen LogP contribution < -0.4 is 0 Å². The van der Waals surface area contributed by atoms with E-state index < -0.39 is 0 Å². The van der Waals surface area contributed by atoms with Crippen LogP contribution in [0, 0.1) is 0 Å². The molecule has 0 saturated heterocycles. The van der Waals surface area contributed by atoms with Crippen LogP contribution >= 0.6 is 11.3 Å². The number of nitrogens with zero attached hydrogens (tertiary/aromatic N) is 1. The third kappa shape index (κ3) is 2.50. The molecule has 1 heterocycles. The van der Waals surface area contributed by atoms with Gasteiger partial charge in [0.15, 0.2) is 0 Å². The summed E-state index contributed by atoms with van der Waals surface area (Å²) in [5.41, 5.74) is 0. The maximum atomic E-state index is 5.64. The molecule has 3 heteroatoms. The molecule has 1 aliphatic carbocycles. The van der Waals surface area contributed by atoms with E-state index in [9.17, 15) is 0 Å². The standard InChI is InChI=1S/C10H11NOS/c1-2-4-9(5-3-1)12-8-10-11-6-7-13-10/h1-4,6-7,9H,5,8H2. The molecular weight excluding hydrogens is 182 g/mol. The minimum Gasteiger partial charge on any atom is -0.367 e. The van der Waals surface area contributed by atoms with E-state index in [1.54, 1.807) is 17.5 Å². The van der Waals surface area contributed by atoms with Gasteiger partial charge >= 0.3 is 0 Å². The van der Waals surface area contributed by atoms with Crippen LogP contribution in [-0.2, 0) is 11.3 Å². The first kappa shape index (κ1) is 8.66. The minimum atomic E-state index is 0.230. The number of thiazole rings is 1. The lowest BCUT2D eigenvalue weighted by molar-refractivity contribution is 0.0731. The van der Waals surface area contributed by atoms with Gasteiger partial charge in [-0.1, -0.05) is 24.3 Å². The Morgan fingerprint density at radius 3 is 3.23 bits per heavy atom. The van der Waals surface area contributed by atoms with Crippen LogP contribution in [0.3, 0.4) is 0 Å². The average Bonchev–Trinajstić information content (AvgIpc) is 2.69. The van der Waals surface area contributed by atoms with E-state index in [4.69, 9.17) is 4.74 Å². The highest BCUT2D eigenvalue weighted by Crippen LogP contribution is 2.12. The third-order valence-corrected chi connectivity index (χ3v) is 2.60. The zero-order chi connectivity index (χ0) is 8.93. The average molecular weight is 193 g/mol. The smallest absolute Gasteiger partial charge is 0.118 e. The summed E-state index contributed by atoms with van der Waals surface area (Å²) in [5, 5.41) is 3.01. The maximum absolute atomic E-state index is 5.64. The van der Waals surface area contributed by atoms with E-state index in [1.807, 2.05) is 17.5 Å². The summed E-state index contributed by atoms with van der Waals surface area (Å²) < 4.78 is 5.64. The van der Waals surface area contributed by atoms with E-state index >= 15 is 0 Å². The first-order valence-electron chi connectivity index (χ1n) is 4.28. The molecule has 0 saturated carbocycles. The van der Waals surface area contributed by atoms with Crippen molar-refractivity contribution < 1.29 is 4.74 Å². The van der Waals surface area contributed by atoms with Gasteiger partial charge in [-0.3, -0.25) is 0 Å². The molecular formula is C10H11NOS. The van der Waals surface area contributed by atoms with Crippen LogP contribution in [0.2, 0.25) is 0 Å². The number of ether oxygens (including phenoxy) is 1. The number of hydrogen-bond donors (Lipinski definition) is 0. The van der Waals surface area contributed by atoms with Gasteiger partial charge in [0.1, 0.15) is 5.01 Å². The normalized spacial score (nSPS) is 20.8. The summed E-state index contributed by atoms with van der Waals surface area (Å²) in [6.45, 7) is 0.626. The number of aromatic nitrogens is 1. The fraction of sp³-hybridized carbons (Fsp3) is 0.300. The first-order chi connectivity index (χ1) is 6.45. The lowest BCUT2D eigenvalue weighted by Gasteiger charge is -2.12. The van der Waals surface area contributed by atoms with Crippen molar-refractivity contribution in [2.24, 2.45) is 0 Å². The van der Waals surface area contributed by atoms with Crippen LogP contribution in [0.5, 0.6) is 0 Å². The molecule has 2 rings (SSSR count). The summed E-state index contributed by atoms with van der Waals surface area (Å²) in [4.78, 5) is 4.15. The van der Waals surface area contributed by atoms with Gasteiger partial charge in [0.25, 0.3) is 0 Å². The largest absolute Gasteiger partial charge is 0.367 e. The molecule has 0 radical (unpaired) electrons. The fourth-order valence-electron chi connectivity index (χ4n) is 1.18. The molecule has 1 aliphatic rings. The van der Waals surface area contributed by atoms with Crippen molar-refractivity contribution in [2.45, 2.75) is 19.1 Å². The van der Waals surface area contributed by atoms with E-state index in [2.05, 4.69) is 17.1 Å². The van der Waals surface area contributed by atoms with Gasteiger partial charge in [-0.2, -0.15) is 0 Å². The van der Waals surface area contributed by atoms with E-state index in [1.165, 1.54) is 0 Å². The van der Waals surface area contributed by atoms with E-state index in [-0.39, 0.29) is 6.10 Å². The van der Waals surface area contributed by atoms with Crippen molar-refractivity contribution in [2.75, 3.05) is 0 Å². The molecule has 0 aliphatic heterocycles. The zero-order valence-corrected chi connectivity index (χ0v) is 8.04. The Hall–Kier alpha value is -0.930. The maximum Gasteiger partial charge on any atom is 0.118 e. The molecule has 1 atom stereocenters. The van der Waals surface area contributed by atoms with Gasteiger partial charge < -0.3 is 4.74 Å². The van der Waals surface area contributed by atoms with Crippen molar-refractivity contribution in [3.8, 4) is 0 Å². The molecule has 0 aromatic carbocycles. The highest BCUT2D eigenvalue weighted by atomic mass is 32.1. The van der Waals surface area contributed by atoms with Gasteiger partial charge in [-0.05, 0) is 6.42 Å². The Kier molecular flexibility index (Phi) is 2.90. The van der Waals surface area contributed by atoms with Crippen LogP contribution in [0.4, 0.5) is 0 Å². The molecule has 1 unspecified atom stereocenters. The Balaban J connectivity index is 1.80. The molecule has 68 valence electrons. The fourth-order valence-corrected chi connectivity index (χ4v) is 1.72. The quantitative estimate of drug-likeness (QED) is 0.736. The first-order valence-corrected chi connectivity index (χ1v) is 5.16. The van der Waals surface area contributed by atoms with Crippen LogP contribution in [0.15, 0.2) is 35.9 Å². The van der Waals surface area contributed by atoms with Crippen molar-refractivity contribution in [3.63, 3.8) is 0 Å². The summed E-state index contributed by atoms with van der Waals surface area (Å²) in [5.74, 6) is 0. The molecule has 0 amide bonds. The van der Waals surface area contributed by atoms with Crippen LogP contribution in [0.1, 0.15) is 11.4 Å². The predicted molar refractivity (Wildman–Crippen MR) is 53.6 cm³/mol. The molecule has 0 bridgehead atoms. The molecule has 13 heavy (non-hydrogen) atoms. The number of rotatable bonds is 3. The second-order valence-corrected chi connectivity index (χ2v) is 3.80. The molecule has 1 aromatic rings. The predicted octanol–water partition coefficient (Wildman–Crippen LogP) is 2.54. The molecule has 0 spiro atoms. The zero-order valence-electron chi connectivity index (χ0n) is 7.22. The Morgan fingerprint density at radius 1 is 1.54 bits per heavy atom. The summed E-state index contributed by atoms with van der Waals surface area (Å²) >= 11 is 1.63. The highest BCUT2D eigenvalue weighted by Gasteiger charge is 2.05. The van der Waals surface area contributed by atoms with Gasteiger partial charge in [0.05, 0.1) is 12.7 Å². The lowest BCUT2D eigenvalue weighted by Crippen LogP contribution is -2.09. The minimum absolute atomic E-state index is 0.230. The molecule has 1 aromatic heterocycles. The number of hydrogen-bond acceptors (Lipinski definition) is 3. The monoisotopic (exact) mass is 193 g/mol. The molecule has 2 nitrogen and oxygen atoms in total. The number of allylic oxidation sites excluding steroid dienone is 2. The van der Waals surface area contributed by atoms with Crippen molar-refractivity contribution >= 4 is 11.3 Å². The van der Waals surface area contributed by atoms with Gasteiger partial charge in [-0.15, -0.1) is 11.3 Å². The topological polar surface area (TPSA) is 22.1 Å². The molecule has 0 N–H and O–H groups in total. The van der Waals surface area contributed by atoms with Crippen molar-refractivity contribution in [3.05, 3.63) is 40.9 Å². The highest BCUT2D eigenvalue weighted by molar-refractivity contribution is 7.09. The second-order valence-electron chi connectivity index (χ2n) is 2.82.